The average Bonchev–Trinajstić information content (AvgIpc) is 2.96. The molecule has 0 saturated carbocycles. The minimum atomic E-state index is -0.616. The molecule has 8 nitrogen and oxygen atoms in total. The van der Waals surface area contributed by atoms with E-state index in [4.69, 9.17) is 21.1 Å². The Kier molecular flexibility index (Phi) is 5.78. The quantitative estimate of drug-likeness (QED) is 0.688. The van der Waals surface area contributed by atoms with Crippen LogP contribution in [0.3, 0.4) is 0 Å². The van der Waals surface area contributed by atoms with Gasteiger partial charge in [-0.05, 0) is 30.3 Å². The largest absolute Gasteiger partial charge is 0.496 e. The second-order valence-electron chi connectivity index (χ2n) is 6.67. The van der Waals surface area contributed by atoms with E-state index in [1.54, 1.807) is 42.7 Å². The number of pyridine rings is 1. The molecule has 9 heteroatoms. The maximum absolute atomic E-state index is 13.0. The molecular formula is C21H19ClN4O4. The number of benzene rings is 1. The van der Waals surface area contributed by atoms with Crippen molar-refractivity contribution in [2.24, 2.45) is 0 Å². The summed E-state index contributed by atoms with van der Waals surface area (Å²) in [5.74, 6) is 0.410. The van der Waals surface area contributed by atoms with E-state index in [0.29, 0.717) is 41.0 Å². The molecule has 30 heavy (non-hydrogen) atoms. The van der Waals surface area contributed by atoms with Crippen LogP contribution in [0.15, 0.2) is 53.6 Å². The van der Waals surface area contributed by atoms with E-state index in [0.717, 1.165) is 5.56 Å². The Labute approximate surface area is 177 Å². The molecule has 0 aliphatic carbocycles. The molecular weight excluding hydrogens is 408 g/mol. The number of ether oxygens (including phenoxy) is 2. The summed E-state index contributed by atoms with van der Waals surface area (Å²) in [5.41, 5.74) is 1.39. The zero-order valence-electron chi connectivity index (χ0n) is 16.2. The van der Waals surface area contributed by atoms with E-state index in [9.17, 15) is 9.59 Å². The van der Waals surface area contributed by atoms with Crippen molar-refractivity contribution in [2.75, 3.05) is 20.3 Å². The molecule has 1 amide bonds. The van der Waals surface area contributed by atoms with Gasteiger partial charge in [0.2, 0.25) is 0 Å². The van der Waals surface area contributed by atoms with Gasteiger partial charge in [-0.25, -0.2) is 4.98 Å². The van der Waals surface area contributed by atoms with Crippen LogP contribution in [0.1, 0.15) is 22.2 Å². The van der Waals surface area contributed by atoms with Crippen LogP contribution < -0.4 is 15.6 Å². The van der Waals surface area contributed by atoms with Crippen molar-refractivity contribution < 1.29 is 14.3 Å². The third kappa shape index (κ3) is 4.05. The number of nitrogens with zero attached hydrogens (tertiary/aromatic N) is 3. The highest BCUT2D eigenvalue weighted by atomic mass is 35.5. The van der Waals surface area contributed by atoms with Crippen LogP contribution >= 0.6 is 11.6 Å². The fourth-order valence-corrected chi connectivity index (χ4v) is 3.47. The number of hydrogen-bond acceptors (Lipinski definition) is 6. The highest BCUT2D eigenvalue weighted by molar-refractivity contribution is 6.30. The number of halogens is 1. The zero-order chi connectivity index (χ0) is 21.1. The highest BCUT2D eigenvalue weighted by Crippen LogP contribution is 2.25. The van der Waals surface area contributed by atoms with Crippen LogP contribution in [0.4, 0.5) is 0 Å². The minimum Gasteiger partial charge on any atom is -0.496 e. The third-order valence-corrected chi connectivity index (χ3v) is 5.02. The van der Waals surface area contributed by atoms with Crippen LogP contribution in [0.25, 0.3) is 11.3 Å². The van der Waals surface area contributed by atoms with Crippen molar-refractivity contribution in [3.8, 4) is 17.0 Å². The minimum absolute atomic E-state index is 0.188. The molecule has 4 rings (SSSR count). The van der Waals surface area contributed by atoms with Gasteiger partial charge in [0.1, 0.15) is 17.6 Å². The molecule has 154 valence electrons. The second-order valence-corrected chi connectivity index (χ2v) is 7.11. The fraction of sp³-hybridized carbons (Fsp3) is 0.238. The van der Waals surface area contributed by atoms with Gasteiger partial charge in [0.15, 0.2) is 0 Å². The lowest BCUT2D eigenvalue weighted by Gasteiger charge is -2.20. The molecule has 1 atom stereocenters. The third-order valence-electron chi connectivity index (χ3n) is 4.78. The Morgan fingerprint density at radius 2 is 2.07 bits per heavy atom. The van der Waals surface area contributed by atoms with Crippen molar-refractivity contribution in [3.63, 3.8) is 0 Å². The van der Waals surface area contributed by atoms with Crippen LogP contribution in [0, 0.1) is 0 Å². The van der Waals surface area contributed by atoms with E-state index in [2.05, 4.69) is 15.3 Å². The van der Waals surface area contributed by atoms with Gasteiger partial charge in [-0.15, -0.1) is 0 Å². The first-order valence-corrected chi connectivity index (χ1v) is 9.69. The molecule has 3 heterocycles. The van der Waals surface area contributed by atoms with Gasteiger partial charge in [0.25, 0.3) is 11.5 Å². The van der Waals surface area contributed by atoms with Gasteiger partial charge in [-0.1, -0.05) is 11.6 Å². The Morgan fingerprint density at radius 1 is 1.27 bits per heavy atom. The molecule has 2 aromatic heterocycles. The summed E-state index contributed by atoms with van der Waals surface area (Å²) in [6.07, 6.45) is 3.27. The smallest absolute Gasteiger partial charge is 0.255 e. The molecule has 1 aliphatic rings. The van der Waals surface area contributed by atoms with Crippen LogP contribution in [-0.2, 0) is 11.3 Å². The van der Waals surface area contributed by atoms with E-state index in [1.807, 2.05) is 0 Å². The van der Waals surface area contributed by atoms with Gasteiger partial charge < -0.3 is 14.8 Å². The predicted octanol–water partition coefficient (Wildman–Crippen LogP) is 2.47. The fourth-order valence-electron chi connectivity index (χ4n) is 3.31. The summed E-state index contributed by atoms with van der Waals surface area (Å²) in [6.45, 7) is 0.891. The SMILES string of the molecule is COc1cc(Cl)ccc1C(=O)NC1COCCn2c1nc(-c1ccncc1)cc2=O. The number of rotatable bonds is 4. The topological polar surface area (TPSA) is 95.3 Å². The van der Waals surface area contributed by atoms with Crippen molar-refractivity contribution in [1.82, 2.24) is 19.9 Å². The number of carbonyl (C=O) groups is 1. The number of aromatic nitrogens is 3. The Bertz CT molecular complexity index is 1130. The molecule has 0 saturated heterocycles. The molecule has 0 radical (unpaired) electrons. The van der Waals surface area contributed by atoms with Crippen molar-refractivity contribution in [3.05, 3.63) is 75.6 Å². The molecule has 0 fully saturated rings. The van der Waals surface area contributed by atoms with Crippen LogP contribution in [0.5, 0.6) is 5.75 Å². The molecule has 1 N–H and O–H groups in total. The van der Waals surface area contributed by atoms with Crippen molar-refractivity contribution >= 4 is 17.5 Å². The summed E-state index contributed by atoms with van der Waals surface area (Å²) < 4.78 is 12.4. The zero-order valence-corrected chi connectivity index (χ0v) is 16.9. The van der Waals surface area contributed by atoms with E-state index in [1.165, 1.54) is 17.7 Å². The predicted molar refractivity (Wildman–Crippen MR) is 111 cm³/mol. The van der Waals surface area contributed by atoms with Crippen molar-refractivity contribution in [1.29, 1.82) is 0 Å². The van der Waals surface area contributed by atoms with Gasteiger partial charge in [0.05, 0.1) is 38.1 Å². The van der Waals surface area contributed by atoms with Crippen LogP contribution in [0.2, 0.25) is 5.02 Å². The number of hydrogen-bond donors (Lipinski definition) is 1. The monoisotopic (exact) mass is 426 g/mol. The maximum atomic E-state index is 13.0. The first kappa shape index (κ1) is 20.1. The molecule has 0 bridgehead atoms. The summed E-state index contributed by atoms with van der Waals surface area (Å²) in [6, 6.07) is 9.18. The summed E-state index contributed by atoms with van der Waals surface area (Å²) >= 11 is 5.99. The number of methoxy groups -OCH3 is 1. The number of carbonyl (C=O) groups excluding carboxylic acids is 1. The number of nitrogens with one attached hydrogen (secondary N) is 1. The van der Waals surface area contributed by atoms with E-state index in [-0.39, 0.29) is 18.1 Å². The molecule has 1 aliphatic heterocycles. The number of fused-ring (bicyclic) bond motifs is 1. The second kappa shape index (κ2) is 8.64. The first-order valence-electron chi connectivity index (χ1n) is 9.31. The Balaban J connectivity index is 1.71. The number of amides is 1. The van der Waals surface area contributed by atoms with Gasteiger partial charge in [-0.2, -0.15) is 0 Å². The lowest BCUT2D eigenvalue weighted by molar-refractivity contribution is 0.0853. The Morgan fingerprint density at radius 3 is 2.83 bits per heavy atom. The van der Waals surface area contributed by atoms with Crippen molar-refractivity contribution in [2.45, 2.75) is 12.6 Å². The van der Waals surface area contributed by atoms with Gasteiger partial charge in [0, 0.05) is 29.0 Å². The summed E-state index contributed by atoms with van der Waals surface area (Å²) in [7, 11) is 1.47. The molecule has 3 aromatic rings. The normalized spacial score (nSPS) is 15.7. The average molecular weight is 427 g/mol. The Hall–Kier alpha value is -3.23. The van der Waals surface area contributed by atoms with E-state index >= 15 is 0 Å². The van der Waals surface area contributed by atoms with E-state index < -0.39 is 6.04 Å². The first-order chi connectivity index (χ1) is 14.6. The standard InChI is InChI=1S/C21H19ClN4O4/c1-29-18-10-14(22)2-3-15(18)21(28)25-17-12-30-9-8-26-19(27)11-16(24-20(17)26)13-4-6-23-7-5-13/h2-7,10-11,17H,8-9,12H2,1H3,(H,25,28). The molecule has 1 aromatic carbocycles. The highest BCUT2D eigenvalue weighted by Gasteiger charge is 2.26. The summed E-state index contributed by atoms with van der Waals surface area (Å²) in [5, 5.41) is 3.37. The lowest BCUT2D eigenvalue weighted by atomic mass is 10.1. The molecule has 0 spiro atoms. The van der Waals surface area contributed by atoms with Gasteiger partial charge in [-0.3, -0.25) is 19.1 Å². The van der Waals surface area contributed by atoms with Gasteiger partial charge >= 0.3 is 0 Å². The summed E-state index contributed by atoms with van der Waals surface area (Å²) in [4.78, 5) is 34.4. The lowest BCUT2D eigenvalue weighted by Crippen LogP contribution is -2.35. The maximum Gasteiger partial charge on any atom is 0.255 e. The van der Waals surface area contributed by atoms with Crippen LogP contribution in [-0.4, -0.2) is 40.8 Å². The molecule has 1 unspecified atom stereocenters.